The Balaban J connectivity index is 2.12. The van der Waals surface area contributed by atoms with E-state index in [1.54, 1.807) is 0 Å². The van der Waals surface area contributed by atoms with Gasteiger partial charge in [0.15, 0.2) is 0 Å². The summed E-state index contributed by atoms with van der Waals surface area (Å²) >= 11 is 3.49. The minimum Gasteiger partial charge on any atom is -0.379 e. The van der Waals surface area contributed by atoms with Crippen molar-refractivity contribution in [3.63, 3.8) is 0 Å². The zero-order valence-electron chi connectivity index (χ0n) is 9.09. The van der Waals surface area contributed by atoms with Gasteiger partial charge in [-0.05, 0) is 38.0 Å². The number of benzene rings is 1. The molecule has 0 saturated carbocycles. The molecule has 2 nitrogen and oxygen atoms in total. The average molecular weight is 270 g/mol. The third kappa shape index (κ3) is 2.52. The second kappa shape index (κ2) is 4.54. The Kier molecular flexibility index (Phi) is 3.32. The monoisotopic (exact) mass is 269 g/mol. The third-order valence-electron chi connectivity index (χ3n) is 2.92. The fourth-order valence-electron chi connectivity index (χ4n) is 1.87. The quantitative estimate of drug-likeness (QED) is 0.889. The lowest BCUT2D eigenvalue weighted by Gasteiger charge is -2.19. The van der Waals surface area contributed by atoms with Crippen LogP contribution >= 0.6 is 15.9 Å². The molecule has 0 unspecified atom stereocenters. The molecule has 1 saturated heterocycles. The highest BCUT2D eigenvalue weighted by Crippen LogP contribution is 2.24. The molecular formula is C12H16BrNO. The van der Waals surface area contributed by atoms with Gasteiger partial charge in [0.2, 0.25) is 0 Å². The Morgan fingerprint density at radius 3 is 2.93 bits per heavy atom. The molecule has 2 atom stereocenters. The minimum atomic E-state index is 0.309. The lowest BCUT2D eigenvalue weighted by atomic mass is 10.1. The van der Waals surface area contributed by atoms with Crippen LogP contribution in [-0.4, -0.2) is 18.8 Å². The smallest absolute Gasteiger partial charge is 0.0748 e. The maximum absolute atomic E-state index is 5.53. The van der Waals surface area contributed by atoms with E-state index in [-0.39, 0.29) is 0 Å². The van der Waals surface area contributed by atoms with E-state index < -0.39 is 0 Å². The van der Waals surface area contributed by atoms with Crippen molar-refractivity contribution in [2.75, 3.05) is 11.9 Å². The van der Waals surface area contributed by atoms with Gasteiger partial charge >= 0.3 is 0 Å². The average Bonchev–Trinajstić information content (AvgIpc) is 2.58. The van der Waals surface area contributed by atoms with Gasteiger partial charge in [0.25, 0.3) is 0 Å². The van der Waals surface area contributed by atoms with Gasteiger partial charge in [-0.3, -0.25) is 0 Å². The van der Waals surface area contributed by atoms with E-state index in [1.165, 1.54) is 11.3 Å². The molecule has 1 fully saturated rings. The molecule has 1 aromatic rings. The Morgan fingerprint density at radius 1 is 1.47 bits per heavy atom. The summed E-state index contributed by atoms with van der Waals surface area (Å²) in [4.78, 5) is 0. The molecule has 1 aromatic carbocycles. The van der Waals surface area contributed by atoms with Crippen molar-refractivity contribution in [2.45, 2.75) is 32.4 Å². The van der Waals surface area contributed by atoms with Crippen molar-refractivity contribution >= 4 is 21.6 Å². The summed E-state index contributed by atoms with van der Waals surface area (Å²) in [6, 6.07) is 6.75. The molecule has 2 rings (SSSR count). The van der Waals surface area contributed by atoms with E-state index in [1.807, 2.05) is 0 Å². The standard InChI is InChI=1S/C12H16BrNO/c1-8-3-4-10(13)7-12(8)14-11-5-6-15-9(11)2/h3-4,7,9,11,14H,5-6H2,1-2H3/t9-,11+/m0/s1. The predicted octanol–water partition coefficient (Wildman–Crippen LogP) is 3.35. The highest BCUT2D eigenvalue weighted by molar-refractivity contribution is 9.10. The van der Waals surface area contributed by atoms with Gasteiger partial charge in [0.05, 0.1) is 12.1 Å². The van der Waals surface area contributed by atoms with Crippen LogP contribution in [0, 0.1) is 6.92 Å². The fraction of sp³-hybridized carbons (Fsp3) is 0.500. The van der Waals surface area contributed by atoms with E-state index in [2.05, 4.69) is 53.3 Å². The van der Waals surface area contributed by atoms with Crippen molar-refractivity contribution in [1.82, 2.24) is 0 Å². The van der Waals surface area contributed by atoms with E-state index in [0.29, 0.717) is 12.1 Å². The second-order valence-corrected chi connectivity index (χ2v) is 4.99. The third-order valence-corrected chi connectivity index (χ3v) is 3.41. The molecule has 1 heterocycles. The molecule has 1 aliphatic rings. The zero-order chi connectivity index (χ0) is 10.8. The number of rotatable bonds is 2. The van der Waals surface area contributed by atoms with Crippen LogP contribution in [0.15, 0.2) is 22.7 Å². The van der Waals surface area contributed by atoms with Crippen molar-refractivity contribution in [1.29, 1.82) is 0 Å². The lowest BCUT2D eigenvalue weighted by molar-refractivity contribution is 0.121. The van der Waals surface area contributed by atoms with Crippen LogP contribution in [0.25, 0.3) is 0 Å². The van der Waals surface area contributed by atoms with Gasteiger partial charge in [0, 0.05) is 16.8 Å². The molecular weight excluding hydrogens is 254 g/mol. The number of halogens is 1. The van der Waals surface area contributed by atoms with Crippen LogP contribution in [0.2, 0.25) is 0 Å². The predicted molar refractivity (Wildman–Crippen MR) is 66.3 cm³/mol. The van der Waals surface area contributed by atoms with Crippen LogP contribution in [0.4, 0.5) is 5.69 Å². The van der Waals surface area contributed by atoms with E-state index >= 15 is 0 Å². The van der Waals surface area contributed by atoms with Gasteiger partial charge in [-0.25, -0.2) is 0 Å². The first-order chi connectivity index (χ1) is 7.16. The highest BCUT2D eigenvalue weighted by Gasteiger charge is 2.24. The molecule has 15 heavy (non-hydrogen) atoms. The summed E-state index contributed by atoms with van der Waals surface area (Å²) in [5, 5.41) is 3.54. The van der Waals surface area contributed by atoms with E-state index in [9.17, 15) is 0 Å². The van der Waals surface area contributed by atoms with Crippen LogP contribution < -0.4 is 5.32 Å². The molecule has 0 bridgehead atoms. The van der Waals surface area contributed by atoms with Crippen LogP contribution in [0.5, 0.6) is 0 Å². The Bertz CT molecular complexity index is 353. The molecule has 1 N–H and O–H groups in total. The summed E-state index contributed by atoms with van der Waals surface area (Å²) < 4.78 is 6.65. The number of hydrogen-bond donors (Lipinski definition) is 1. The van der Waals surface area contributed by atoms with Crippen molar-refractivity contribution in [2.24, 2.45) is 0 Å². The molecule has 0 spiro atoms. The first kappa shape index (κ1) is 11.0. The van der Waals surface area contributed by atoms with Crippen molar-refractivity contribution in [3.8, 4) is 0 Å². The van der Waals surface area contributed by atoms with Gasteiger partial charge in [0.1, 0.15) is 0 Å². The van der Waals surface area contributed by atoms with E-state index in [0.717, 1.165) is 17.5 Å². The number of hydrogen-bond acceptors (Lipinski definition) is 2. The van der Waals surface area contributed by atoms with Crippen LogP contribution in [-0.2, 0) is 4.74 Å². The molecule has 82 valence electrons. The lowest BCUT2D eigenvalue weighted by Crippen LogP contribution is -2.26. The molecule has 1 aliphatic heterocycles. The normalized spacial score (nSPS) is 25.5. The number of aryl methyl sites for hydroxylation is 1. The second-order valence-electron chi connectivity index (χ2n) is 4.07. The van der Waals surface area contributed by atoms with Gasteiger partial charge in [-0.1, -0.05) is 22.0 Å². The van der Waals surface area contributed by atoms with Gasteiger partial charge < -0.3 is 10.1 Å². The number of ether oxygens (including phenoxy) is 1. The highest BCUT2D eigenvalue weighted by atomic mass is 79.9. The SMILES string of the molecule is Cc1ccc(Br)cc1N[C@@H]1CCO[C@H]1C. The molecule has 0 aromatic heterocycles. The summed E-state index contributed by atoms with van der Waals surface area (Å²) in [5.74, 6) is 0. The number of nitrogens with one attached hydrogen (secondary N) is 1. The Labute approximate surface area is 99.1 Å². The zero-order valence-corrected chi connectivity index (χ0v) is 10.7. The maximum atomic E-state index is 5.53. The Hall–Kier alpha value is -0.540. The summed E-state index contributed by atoms with van der Waals surface area (Å²) in [6.45, 7) is 5.11. The van der Waals surface area contributed by atoms with Crippen molar-refractivity contribution < 1.29 is 4.74 Å². The molecule has 3 heteroatoms. The fourth-order valence-corrected chi connectivity index (χ4v) is 2.23. The first-order valence-electron chi connectivity index (χ1n) is 5.31. The molecule has 0 aliphatic carbocycles. The molecule has 0 radical (unpaired) electrons. The van der Waals surface area contributed by atoms with Crippen LogP contribution in [0.3, 0.4) is 0 Å². The number of anilines is 1. The first-order valence-corrected chi connectivity index (χ1v) is 6.10. The topological polar surface area (TPSA) is 21.3 Å². The Morgan fingerprint density at radius 2 is 2.27 bits per heavy atom. The van der Waals surface area contributed by atoms with Crippen molar-refractivity contribution in [3.05, 3.63) is 28.2 Å². The summed E-state index contributed by atoms with van der Waals surface area (Å²) in [5.41, 5.74) is 2.48. The summed E-state index contributed by atoms with van der Waals surface area (Å²) in [7, 11) is 0. The molecule has 0 amide bonds. The summed E-state index contributed by atoms with van der Waals surface area (Å²) in [6.07, 6.45) is 1.40. The van der Waals surface area contributed by atoms with Crippen LogP contribution in [0.1, 0.15) is 18.9 Å². The largest absolute Gasteiger partial charge is 0.379 e. The van der Waals surface area contributed by atoms with Gasteiger partial charge in [-0.2, -0.15) is 0 Å². The van der Waals surface area contributed by atoms with E-state index in [4.69, 9.17) is 4.74 Å². The van der Waals surface area contributed by atoms with Gasteiger partial charge in [-0.15, -0.1) is 0 Å². The maximum Gasteiger partial charge on any atom is 0.0748 e. The minimum absolute atomic E-state index is 0.309.